The fourth-order valence-corrected chi connectivity index (χ4v) is 1.54. The van der Waals surface area contributed by atoms with Crippen LogP contribution < -0.4 is 24.8 Å². The van der Waals surface area contributed by atoms with Crippen molar-refractivity contribution < 1.29 is 70.5 Å². The Bertz CT molecular complexity index is 518. The van der Waals surface area contributed by atoms with E-state index in [1.807, 2.05) is 72.8 Å². The van der Waals surface area contributed by atoms with Crippen LogP contribution in [0.1, 0.15) is 11.1 Å². The third-order valence-electron chi connectivity index (χ3n) is 2.48. The van der Waals surface area contributed by atoms with Crippen LogP contribution in [-0.2, 0) is 45.6 Å². The van der Waals surface area contributed by atoms with Gasteiger partial charge in [0.15, 0.2) is 5.78 Å². The van der Waals surface area contributed by atoms with Crippen LogP contribution in [0, 0.1) is 0 Å². The van der Waals surface area contributed by atoms with Crippen LogP contribution in [-0.4, -0.2) is 5.78 Å². The number of allylic oxidation sites excluding steroid dienone is 2. The Morgan fingerprint density at radius 3 is 1.27 bits per heavy atom. The molecular weight excluding hydrogens is 504 g/mol. The Hall–Kier alpha value is -0.505. The second-order valence-corrected chi connectivity index (χ2v) is 3.89. The molecule has 2 aromatic carbocycles. The smallest absolute Gasteiger partial charge is 1.00 e. The van der Waals surface area contributed by atoms with Gasteiger partial charge < -0.3 is 24.8 Å². The molecule has 1 nitrogen and oxygen atoms in total. The van der Waals surface area contributed by atoms with Gasteiger partial charge in [0.2, 0.25) is 0 Å². The minimum Gasteiger partial charge on any atom is -1.00 e. The van der Waals surface area contributed by atoms with Gasteiger partial charge in [-0.15, -0.1) is 0 Å². The van der Waals surface area contributed by atoms with Crippen molar-refractivity contribution in [2.45, 2.75) is 0 Å². The van der Waals surface area contributed by atoms with E-state index in [1.165, 1.54) is 0 Å². The van der Waals surface area contributed by atoms with Gasteiger partial charge in [-0.2, -0.15) is 0 Å². The Morgan fingerprint density at radius 2 is 0.955 bits per heavy atom. The number of carbonyl (C=O) groups is 1. The average Bonchev–Trinajstić information content (AvgIpc) is 2.45. The molecule has 0 amide bonds. The molecular formula is C17H14Cl2OPd2+2. The number of benzene rings is 2. The Balaban J connectivity index is -0.000000902. The number of halogens is 2. The zero-order valence-corrected chi connectivity index (χ0v) is 16.0. The largest absolute Gasteiger partial charge is 2.00 e. The van der Waals surface area contributed by atoms with Gasteiger partial charge in [-0.3, -0.25) is 4.79 Å². The molecule has 0 aromatic heterocycles. The first-order valence-corrected chi connectivity index (χ1v) is 5.85. The quantitative estimate of drug-likeness (QED) is 0.338. The van der Waals surface area contributed by atoms with Crippen LogP contribution in [0.2, 0.25) is 0 Å². The molecule has 120 valence electrons. The third-order valence-corrected chi connectivity index (χ3v) is 2.48. The van der Waals surface area contributed by atoms with Crippen LogP contribution in [0.25, 0.3) is 12.2 Å². The number of rotatable bonds is 4. The van der Waals surface area contributed by atoms with E-state index < -0.39 is 0 Å². The minimum absolute atomic E-state index is 0. The molecule has 0 unspecified atom stereocenters. The van der Waals surface area contributed by atoms with Crippen molar-refractivity contribution in [3.63, 3.8) is 0 Å². The average molecular weight is 518 g/mol. The summed E-state index contributed by atoms with van der Waals surface area (Å²) in [6, 6.07) is 19.6. The van der Waals surface area contributed by atoms with Crippen molar-refractivity contribution in [2.75, 3.05) is 0 Å². The van der Waals surface area contributed by atoms with Gasteiger partial charge >= 0.3 is 40.8 Å². The Labute approximate surface area is 171 Å². The fraction of sp³-hybridized carbons (Fsp3) is 0. The van der Waals surface area contributed by atoms with E-state index >= 15 is 0 Å². The molecule has 0 aliphatic heterocycles. The molecule has 5 heteroatoms. The molecule has 2 rings (SSSR count). The standard InChI is InChI=1S/C17H14O.2ClH.2Pd/c18-17(13-11-15-7-3-1-4-8-15)14-12-16-9-5-2-6-10-16;;;;/h1-14H;2*1H;;/q;;;2*+2/p-2/b13-11+,14-12+;;;;. The van der Waals surface area contributed by atoms with Gasteiger partial charge in [-0.1, -0.05) is 72.8 Å². The number of carbonyl (C=O) groups excluding carboxylic acids is 1. The first-order valence-electron chi connectivity index (χ1n) is 5.85. The third kappa shape index (κ3) is 10.3. The van der Waals surface area contributed by atoms with Crippen LogP contribution >= 0.6 is 0 Å². The van der Waals surface area contributed by atoms with Gasteiger partial charge in [-0.25, -0.2) is 0 Å². The van der Waals surface area contributed by atoms with Crippen molar-refractivity contribution in [3.05, 3.63) is 83.9 Å². The first-order chi connectivity index (χ1) is 8.84. The van der Waals surface area contributed by atoms with Crippen LogP contribution in [0.3, 0.4) is 0 Å². The van der Waals surface area contributed by atoms with Crippen LogP contribution in [0.5, 0.6) is 0 Å². The molecule has 0 aliphatic carbocycles. The van der Waals surface area contributed by atoms with E-state index in [9.17, 15) is 4.79 Å². The molecule has 0 saturated carbocycles. The first kappa shape index (κ1) is 26.4. The summed E-state index contributed by atoms with van der Waals surface area (Å²) in [7, 11) is 0. The number of hydrogen-bond acceptors (Lipinski definition) is 1. The van der Waals surface area contributed by atoms with Crippen LogP contribution in [0.15, 0.2) is 72.8 Å². The molecule has 0 heterocycles. The van der Waals surface area contributed by atoms with E-state index in [2.05, 4.69) is 0 Å². The summed E-state index contributed by atoms with van der Waals surface area (Å²) in [6.45, 7) is 0. The normalized spacial score (nSPS) is 9.09. The second kappa shape index (κ2) is 15.4. The maximum atomic E-state index is 11.6. The monoisotopic (exact) mass is 516 g/mol. The molecule has 0 atom stereocenters. The van der Waals surface area contributed by atoms with Crippen molar-refractivity contribution >= 4 is 17.9 Å². The molecule has 0 saturated heterocycles. The maximum Gasteiger partial charge on any atom is 2.00 e. The Morgan fingerprint density at radius 1 is 0.636 bits per heavy atom. The summed E-state index contributed by atoms with van der Waals surface area (Å²) in [5.41, 5.74) is 2.05. The summed E-state index contributed by atoms with van der Waals surface area (Å²) in [5.74, 6) is -0.0114. The van der Waals surface area contributed by atoms with E-state index in [0.717, 1.165) is 11.1 Å². The molecule has 0 bridgehead atoms. The molecule has 22 heavy (non-hydrogen) atoms. The van der Waals surface area contributed by atoms with Gasteiger partial charge in [-0.05, 0) is 23.3 Å². The molecule has 2 aromatic rings. The molecule has 0 radical (unpaired) electrons. The Kier molecular flexibility index (Phi) is 18.5. The van der Waals surface area contributed by atoms with E-state index in [1.54, 1.807) is 12.2 Å². The second-order valence-electron chi connectivity index (χ2n) is 3.89. The fourth-order valence-electron chi connectivity index (χ4n) is 1.54. The van der Waals surface area contributed by atoms with Crippen molar-refractivity contribution in [1.29, 1.82) is 0 Å². The summed E-state index contributed by atoms with van der Waals surface area (Å²) >= 11 is 0. The zero-order chi connectivity index (χ0) is 12.6. The summed E-state index contributed by atoms with van der Waals surface area (Å²) < 4.78 is 0. The van der Waals surface area contributed by atoms with E-state index in [0.29, 0.717) is 0 Å². The van der Waals surface area contributed by atoms with Crippen LogP contribution in [0.4, 0.5) is 0 Å². The predicted molar refractivity (Wildman–Crippen MR) is 76.0 cm³/mol. The van der Waals surface area contributed by atoms with E-state index in [4.69, 9.17) is 0 Å². The SMILES string of the molecule is O=C(/C=C/c1ccccc1)/C=C/c1ccccc1.[Cl-].[Cl-].[Pd+2].[Pd+2]. The van der Waals surface area contributed by atoms with Gasteiger partial charge in [0.1, 0.15) is 0 Å². The van der Waals surface area contributed by atoms with Gasteiger partial charge in [0.25, 0.3) is 0 Å². The van der Waals surface area contributed by atoms with Crippen molar-refractivity contribution in [1.82, 2.24) is 0 Å². The molecule has 0 spiro atoms. The molecule has 0 fully saturated rings. The van der Waals surface area contributed by atoms with Gasteiger partial charge in [0.05, 0.1) is 0 Å². The zero-order valence-electron chi connectivity index (χ0n) is 11.4. The van der Waals surface area contributed by atoms with Crippen molar-refractivity contribution in [2.24, 2.45) is 0 Å². The number of ketones is 1. The summed E-state index contributed by atoms with van der Waals surface area (Å²) in [5, 5.41) is 0. The number of hydrogen-bond donors (Lipinski definition) is 0. The predicted octanol–water partition coefficient (Wildman–Crippen LogP) is -2.01. The van der Waals surface area contributed by atoms with Crippen molar-refractivity contribution in [3.8, 4) is 0 Å². The molecule has 0 aliphatic rings. The molecule has 0 N–H and O–H groups in total. The minimum atomic E-state index is -0.0114. The van der Waals surface area contributed by atoms with Gasteiger partial charge in [0, 0.05) is 0 Å². The summed E-state index contributed by atoms with van der Waals surface area (Å²) in [4.78, 5) is 11.6. The summed E-state index contributed by atoms with van der Waals surface area (Å²) in [6.07, 6.45) is 6.79. The van der Waals surface area contributed by atoms with E-state index in [-0.39, 0.29) is 71.4 Å². The maximum absolute atomic E-state index is 11.6. The topological polar surface area (TPSA) is 17.1 Å².